The molecule has 0 saturated carbocycles. The lowest BCUT2D eigenvalue weighted by molar-refractivity contribution is 0.0922. The molecule has 0 bridgehead atoms. The summed E-state index contributed by atoms with van der Waals surface area (Å²) in [5.41, 5.74) is 1.15. The van der Waals surface area contributed by atoms with E-state index in [0.29, 0.717) is 24.2 Å². The zero-order valence-corrected chi connectivity index (χ0v) is 16.4. The van der Waals surface area contributed by atoms with Gasteiger partial charge >= 0.3 is 0 Å². The highest BCUT2D eigenvalue weighted by Gasteiger charge is 2.27. The van der Waals surface area contributed by atoms with E-state index < -0.39 is 10.0 Å². The van der Waals surface area contributed by atoms with Crippen molar-refractivity contribution in [2.24, 2.45) is 5.41 Å². The maximum absolute atomic E-state index is 12.3. The van der Waals surface area contributed by atoms with Crippen LogP contribution in [0.4, 0.5) is 5.69 Å². The Kier molecular flexibility index (Phi) is 8.18. The molecule has 0 radical (unpaired) electrons. The molecular weight excluding hydrogens is 362 g/mol. The molecule has 142 valence electrons. The lowest BCUT2D eigenvalue weighted by Gasteiger charge is -2.34. The third-order valence-electron chi connectivity index (χ3n) is 4.38. The van der Waals surface area contributed by atoms with Crippen LogP contribution >= 0.6 is 12.4 Å². The fourth-order valence-electron chi connectivity index (χ4n) is 2.79. The number of hydrogen-bond donors (Lipinski definition) is 3. The summed E-state index contributed by atoms with van der Waals surface area (Å²) in [6.45, 7) is 6.63. The molecule has 25 heavy (non-hydrogen) atoms. The molecular formula is C17H28ClN3O3S. The molecule has 1 aromatic carbocycles. The van der Waals surface area contributed by atoms with E-state index in [0.717, 1.165) is 25.9 Å². The first-order valence-electron chi connectivity index (χ1n) is 8.43. The Morgan fingerprint density at radius 3 is 2.36 bits per heavy atom. The summed E-state index contributed by atoms with van der Waals surface area (Å²) in [6.07, 6.45) is 2.65. The highest BCUT2D eigenvalue weighted by atomic mass is 35.5. The van der Waals surface area contributed by atoms with Crippen molar-refractivity contribution in [3.8, 4) is 0 Å². The molecule has 1 amide bonds. The van der Waals surface area contributed by atoms with Crippen molar-refractivity contribution in [1.82, 2.24) is 10.6 Å². The number of rotatable bonds is 7. The van der Waals surface area contributed by atoms with Gasteiger partial charge in [0.2, 0.25) is 10.0 Å². The topological polar surface area (TPSA) is 87.3 Å². The van der Waals surface area contributed by atoms with E-state index in [1.165, 1.54) is 0 Å². The summed E-state index contributed by atoms with van der Waals surface area (Å²) in [5.74, 6) is -0.0411. The van der Waals surface area contributed by atoms with Crippen LogP contribution in [0.2, 0.25) is 0 Å². The van der Waals surface area contributed by atoms with Crippen LogP contribution in [0.1, 0.15) is 43.5 Å². The molecule has 2 rings (SSSR count). The number of sulfonamides is 1. The number of amides is 1. The van der Waals surface area contributed by atoms with Gasteiger partial charge in [-0.3, -0.25) is 9.52 Å². The van der Waals surface area contributed by atoms with E-state index in [-0.39, 0.29) is 29.5 Å². The van der Waals surface area contributed by atoms with Crippen molar-refractivity contribution in [1.29, 1.82) is 0 Å². The van der Waals surface area contributed by atoms with Gasteiger partial charge in [0.1, 0.15) is 0 Å². The first-order chi connectivity index (χ1) is 11.3. The van der Waals surface area contributed by atoms with Gasteiger partial charge in [0.25, 0.3) is 5.91 Å². The molecule has 1 saturated heterocycles. The average Bonchev–Trinajstić information content (AvgIpc) is 2.53. The van der Waals surface area contributed by atoms with Gasteiger partial charge in [-0.05, 0) is 62.0 Å². The van der Waals surface area contributed by atoms with Crippen LogP contribution in [-0.2, 0) is 10.0 Å². The highest BCUT2D eigenvalue weighted by Crippen LogP contribution is 2.26. The van der Waals surface area contributed by atoms with Gasteiger partial charge in [0, 0.05) is 17.8 Å². The van der Waals surface area contributed by atoms with E-state index >= 15 is 0 Å². The Hall–Kier alpha value is -1.31. The molecule has 6 nitrogen and oxygen atoms in total. The minimum Gasteiger partial charge on any atom is -0.351 e. The first kappa shape index (κ1) is 21.7. The normalized spacial score (nSPS) is 16.6. The molecule has 1 aliphatic heterocycles. The predicted octanol–water partition coefficient (Wildman–Crippen LogP) is 2.38. The van der Waals surface area contributed by atoms with Gasteiger partial charge in [0.05, 0.1) is 5.75 Å². The van der Waals surface area contributed by atoms with Crippen LogP contribution in [0, 0.1) is 5.41 Å². The molecule has 0 aromatic heterocycles. The molecule has 0 atom stereocenters. The lowest BCUT2D eigenvalue weighted by Crippen LogP contribution is -2.42. The van der Waals surface area contributed by atoms with Crippen LogP contribution < -0.4 is 15.4 Å². The summed E-state index contributed by atoms with van der Waals surface area (Å²) < 4.78 is 26.0. The second-order valence-electron chi connectivity index (χ2n) is 6.74. The smallest absolute Gasteiger partial charge is 0.251 e. The minimum atomic E-state index is -3.31. The molecule has 0 aliphatic carbocycles. The average molecular weight is 390 g/mol. The van der Waals surface area contributed by atoms with Crippen molar-refractivity contribution in [3.63, 3.8) is 0 Å². The quantitative estimate of drug-likeness (QED) is 0.668. The van der Waals surface area contributed by atoms with Gasteiger partial charge in [-0.2, -0.15) is 0 Å². The zero-order chi connectivity index (χ0) is 17.6. The van der Waals surface area contributed by atoms with Crippen LogP contribution in [0.15, 0.2) is 24.3 Å². The maximum Gasteiger partial charge on any atom is 0.251 e. The van der Waals surface area contributed by atoms with Crippen LogP contribution in [0.5, 0.6) is 0 Å². The van der Waals surface area contributed by atoms with Crippen molar-refractivity contribution in [2.45, 2.75) is 33.1 Å². The Bertz CT molecular complexity index is 656. The summed E-state index contributed by atoms with van der Waals surface area (Å²) in [4.78, 5) is 12.3. The monoisotopic (exact) mass is 389 g/mol. The molecule has 1 heterocycles. The van der Waals surface area contributed by atoms with E-state index in [9.17, 15) is 13.2 Å². The van der Waals surface area contributed by atoms with Gasteiger partial charge in [0.15, 0.2) is 0 Å². The number of benzene rings is 1. The number of nitrogens with one attached hydrogen (secondary N) is 3. The zero-order valence-electron chi connectivity index (χ0n) is 14.8. The van der Waals surface area contributed by atoms with Crippen LogP contribution in [0.3, 0.4) is 0 Å². The van der Waals surface area contributed by atoms with Crippen molar-refractivity contribution >= 4 is 34.0 Å². The van der Waals surface area contributed by atoms with Crippen LogP contribution in [-0.4, -0.2) is 39.7 Å². The Morgan fingerprint density at radius 2 is 1.80 bits per heavy atom. The van der Waals surface area contributed by atoms with Gasteiger partial charge in [-0.1, -0.05) is 13.8 Å². The fourth-order valence-corrected chi connectivity index (χ4v) is 3.93. The van der Waals surface area contributed by atoms with Crippen molar-refractivity contribution < 1.29 is 13.2 Å². The lowest BCUT2D eigenvalue weighted by atomic mass is 9.81. The molecule has 8 heteroatoms. The van der Waals surface area contributed by atoms with Crippen molar-refractivity contribution in [2.75, 3.05) is 30.1 Å². The molecule has 1 aromatic rings. The second kappa shape index (κ2) is 9.40. The van der Waals surface area contributed by atoms with E-state index in [1.54, 1.807) is 24.3 Å². The molecule has 0 unspecified atom stereocenters. The van der Waals surface area contributed by atoms with Gasteiger partial charge in [-0.15, -0.1) is 12.4 Å². The number of carbonyl (C=O) groups is 1. The fraction of sp³-hybridized carbons (Fsp3) is 0.588. The molecule has 1 aliphatic rings. The highest BCUT2D eigenvalue weighted by molar-refractivity contribution is 7.92. The summed E-state index contributed by atoms with van der Waals surface area (Å²) >= 11 is 0. The second-order valence-corrected chi connectivity index (χ2v) is 8.58. The summed E-state index contributed by atoms with van der Waals surface area (Å²) in [7, 11) is -3.31. The number of anilines is 1. The predicted molar refractivity (Wildman–Crippen MR) is 104 cm³/mol. The third-order valence-corrected chi connectivity index (χ3v) is 5.87. The SMILES string of the molecule is CCCS(=O)(=O)Nc1ccc(C(=O)NCC2(C)CCNCC2)cc1.Cl. The number of hydrogen-bond acceptors (Lipinski definition) is 4. The van der Waals surface area contributed by atoms with E-state index in [4.69, 9.17) is 0 Å². The largest absolute Gasteiger partial charge is 0.351 e. The number of carbonyl (C=O) groups excluding carboxylic acids is 1. The Labute approximate surface area is 156 Å². The van der Waals surface area contributed by atoms with Crippen LogP contribution in [0.25, 0.3) is 0 Å². The van der Waals surface area contributed by atoms with Gasteiger partial charge < -0.3 is 10.6 Å². The summed E-state index contributed by atoms with van der Waals surface area (Å²) in [5, 5.41) is 6.32. The van der Waals surface area contributed by atoms with Crippen molar-refractivity contribution in [3.05, 3.63) is 29.8 Å². The minimum absolute atomic E-state index is 0. The van der Waals surface area contributed by atoms with E-state index in [1.807, 2.05) is 6.92 Å². The Balaban J connectivity index is 0.00000312. The number of halogens is 1. The van der Waals surface area contributed by atoms with E-state index in [2.05, 4.69) is 22.3 Å². The van der Waals surface area contributed by atoms with Gasteiger partial charge in [-0.25, -0.2) is 8.42 Å². The summed E-state index contributed by atoms with van der Waals surface area (Å²) in [6, 6.07) is 6.52. The maximum atomic E-state index is 12.3. The molecule has 0 spiro atoms. The third kappa shape index (κ3) is 6.84. The molecule has 3 N–H and O–H groups in total. The standard InChI is InChI=1S/C17H27N3O3S.ClH/c1-3-12-24(22,23)20-15-6-4-14(5-7-15)16(21)19-13-17(2)8-10-18-11-9-17;/h4-7,18,20H,3,8-13H2,1-2H3,(H,19,21);1H. The first-order valence-corrected chi connectivity index (χ1v) is 10.1. The molecule has 1 fully saturated rings. The number of piperidine rings is 1. The Morgan fingerprint density at radius 1 is 1.20 bits per heavy atom.